The van der Waals surface area contributed by atoms with E-state index in [1.165, 1.54) is 45.8 Å². The van der Waals surface area contributed by atoms with E-state index in [1.807, 2.05) is 16.8 Å². The first-order chi connectivity index (χ1) is 16.7. The summed E-state index contributed by atoms with van der Waals surface area (Å²) < 4.78 is 39.8. The average molecular weight is 523 g/mol. The van der Waals surface area contributed by atoms with Gasteiger partial charge in [-0.2, -0.15) is 24.5 Å². The van der Waals surface area contributed by atoms with E-state index in [4.69, 9.17) is 0 Å². The number of carbonyl (C=O) groups excluding carboxylic acids is 3. The molecule has 12 heteroatoms. The van der Waals surface area contributed by atoms with Gasteiger partial charge >= 0.3 is 6.18 Å². The third kappa shape index (κ3) is 6.06. The van der Waals surface area contributed by atoms with Crippen molar-refractivity contribution in [3.05, 3.63) is 73.9 Å². The van der Waals surface area contributed by atoms with Gasteiger partial charge in [-0.3, -0.25) is 25.2 Å². The van der Waals surface area contributed by atoms with Crippen molar-refractivity contribution in [2.45, 2.75) is 31.4 Å². The summed E-state index contributed by atoms with van der Waals surface area (Å²) in [7, 11) is 0. The monoisotopic (exact) mass is 522 g/mol. The molecule has 0 saturated carbocycles. The van der Waals surface area contributed by atoms with Gasteiger partial charge in [0.15, 0.2) is 0 Å². The van der Waals surface area contributed by atoms with Gasteiger partial charge < -0.3 is 4.90 Å². The Balaban J connectivity index is 1.30. The summed E-state index contributed by atoms with van der Waals surface area (Å²) in [5, 5.41) is 6.01. The second-order valence-electron chi connectivity index (χ2n) is 7.99. The first kappa shape index (κ1) is 24.9. The van der Waals surface area contributed by atoms with Crippen LogP contribution >= 0.6 is 22.7 Å². The Hall–Kier alpha value is -3.25. The van der Waals surface area contributed by atoms with Crippen molar-refractivity contribution in [2.75, 3.05) is 13.1 Å². The van der Waals surface area contributed by atoms with Crippen LogP contribution in [0.4, 0.5) is 13.2 Å². The van der Waals surface area contributed by atoms with E-state index in [1.54, 1.807) is 5.38 Å². The summed E-state index contributed by atoms with van der Waals surface area (Å²) in [6.45, 7) is 0.574. The maximum atomic E-state index is 13.3. The molecule has 0 spiro atoms. The van der Waals surface area contributed by atoms with Gasteiger partial charge in [-0.1, -0.05) is 12.1 Å². The minimum atomic E-state index is -4.61. The van der Waals surface area contributed by atoms with Gasteiger partial charge in [0, 0.05) is 24.4 Å². The smallest absolute Gasteiger partial charge is 0.339 e. The number of rotatable bonds is 5. The topological polar surface area (TPSA) is 91.4 Å². The molecular formula is C23H21F3N4O3S2. The molecule has 1 saturated heterocycles. The molecule has 3 heterocycles. The van der Waals surface area contributed by atoms with Crippen molar-refractivity contribution in [2.24, 2.45) is 0 Å². The number of nitrogens with one attached hydrogen (secondary N) is 2. The molecule has 3 amide bonds. The SMILES string of the molecule is O=C(Cc1ccsc1)NNC(=O)c1csc(C2CCN(C(=O)c3ccccc3C(F)(F)F)CC2)n1. The normalized spacial score (nSPS) is 14.5. The van der Waals surface area contributed by atoms with Gasteiger partial charge in [0.1, 0.15) is 5.69 Å². The Labute approximate surface area is 207 Å². The van der Waals surface area contributed by atoms with Gasteiger partial charge in [0.25, 0.3) is 11.8 Å². The Bertz CT molecular complexity index is 1200. The molecule has 184 valence electrons. The lowest BCUT2D eigenvalue weighted by Crippen LogP contribution is -2.42. The number of alkyl halides is 3. The minimum Gasteiger partial charge on any atom is -0.339 e. The maximum Gasteiger partial charge on any atom is 0.417 e. The first-order valence-electron chi connectivity index (χ1n) is 10.7. The molecule has 2 N–H and O–H groups in total. The second kappa shape index (κ2) is 10.6. The molecule has 1 aliphatic rings. The lowest BCUT2D eigenvalue weighted by Gasteiger charge is -2.31. The van der Waals surface area contributed by atoms with Crippen molar-refractivity contribution in [3.63, 3.8) is 0 Å². The standard InChI is InChI=1S/C23H21F3N4O3S2/c24-23(25,26)17-4-2-1-3-16(17)22(33)30-8-5-15(6-9-30)21-27-18(13-35-21)20(32)29-28-19(31)11-14-7-10-34-12-14/h1-4,7,10,12-13,15H,5-6,8-9,11H2,(H,28,31)(H,29,32). The third-order valence-electron chi connectivity index (χ3n) is 5.61. The molecule has 0 atom stereocenters. The lowest BCUT2D eigenvalue weighted by molar-refractivity contribution is -0.138. The van der Waals surface area contributed by atoms with Crippen molar-refractivity contribution in [1.82, 2.24) is 20.7 Å². The van der Waals surface area contributed by atoms with Crippen LogP contribution in [0.3, 0.4) is 0 Å². The largest absolute Gasteiger partial charge is 0.417 e. The van der Waals surface area contributed by atoms with E-state index in [9.17, 15) is 27.6 Å². The number of amides is 3. The van der Waals surface area contributed by atoms with Crippen molar-refractivity contribution >= 4 is 40.4 Å². The molecule has 0 radical (unpaired) electrons. The Kier molecular flexibility index (Phi) is 7.51. The minimum absolute atomic E-state index is 0.0170. The highest BCUT2D eigenvalue weighted by atomic mass is 32.1. The molecule has 35 heavy (non-hydrogen) atoms. The van der Waals surface area contributed by atoms with Gasteiger partial charge in [0.2, 0.25) is 5.91 Å². The highest BCUT2D eigenvalue weighted by molar-refractivity contribution is 7.10. The molecule has 2 aromatic heterocycles. The number of aromatic nitrogens is 1. The number of hydrogen-bond acceptors (Lipinski definition) is 6. The number of piperidine rings is 1. The number of likely N-dealkylation sites (tertiary alicyclic amines) is 1. The van der Waals surface area contributed by atoms with E-state index in [2.05, 4.69) is 15.8 Å². The van der Waals surface area contributed by atoms with Crippen LogP contribution in [0.5, 0.6) is 0 Å². The zero-order chi connectivity index (χ0) is 25.0. The molecular weight excluding hydrogens is 501 g/mol. The highest BCUT2D eigenvalue weighted by Crippen LogP contribution is 2.34. The molecule has 0 unspecified atom stereocenters. The van der Waals surface area contributed by atoms with E-state index >= 15 is 0 Å². The van der Waals surface area contributed by atoms with Crippen LogP contribution < -0.4 is 10.9 Å². The predicted molar refractivity (Wildman–Crippen MR) is 125 cm³/mol. The Morgan fingerprint density at radius 3 is 2.49 bits per heavy atom. The van der Waals surface area contributed by atoms with Crippen LogP contribution in [-0.2, 0) is 17.4 Å². The Morgan fingerprint density at radius 1 is 1.06 bits per heavy atom. The predicted octanol–water partition coefficient (Wildman–Crippen LogP) is 4.25. The van der Waals surface area contributed by atoms with Crippen LogP contribution in [0.25, 0.3) is 0 Å². The Morgan fingerprint density at radius 2 is 1.80 bits per heavy atom. The number of carbonyl (C=O) groups is 3. The van der Waals surface area contributed by atoms with Gasteiger partial charge in [-0.25, -0.2) is 4.98 Å². The molecule has 0 aliphatic carbocycles. The van der Waals surface area contributed by atoms with Crippen molar-refractivity contribution in [1.29, 1.82) is 0 Å². The second-order valence-corrected chi connectivity index (χ2v) is 9.66. The molecule has 0 bridgehead atoms. The van der Waals surface area contributed by atoms with E-state index < -0.39 is 23.6 Å². The average Bonchev–Trinajstić information content (AvgIpc) is 3.54. The zero-order valence-electron chi connectivity index (χ0n) is 18.3. The molecule has 1 aromatic carbocycles. The molecule has 3 aromatic rings. The number of thiophene rings is 1. The fourth-order valence-electron chi connectivity index (χ4n) is 3.81. The van der Waals surface area contributed by atoms with Crippen molar-refractivity contribution in [3.8, 4) is 0 Å². The number of nitrogens with zero attached hydrogens (tertiary/aromatic N) is 2. The third-order valence-corrected chi connectivity index (χ3v) is 7.35. The van der Waals surface area contributed by atoms with E-state index in [-0.39, 0.29) is 42.6 Å². The fourth-order valence-corrected chi connectivity index (χ4v) is 5.45. The highest BCUT2D eigenvalue weighted by Gasteiger charge is 2.36. The van der Waals surface area contributed by atoms with E-state index in [0.717, 1.165) is 11.6 Å². The number of thiazole rings is 1. The summed E-state index contributed by atoms with van der Waals surface area (Å²) in [6.07, 6.45) is -3.42. The zero-order valence-corrected chi connectivity index (χ0v) is 19.9. The van der Waals surface area contributed by atoms with Gasteiger partial charge in [-0.15, -0.1) is 11.3 Å². The number of hydrazine groups is 1. The molecule has 1 aliphatic heterocycles. The molecule has 4 rings (SSSR count). The fraction of sp³-hybridized carbons (Fsp3) is 0.304. The number of benzene rings is 1. The van der Waals surface area contributed by atoms with Crippen molar-refractivity contribution < 1.29 is 27.6 Å². The first-order valence-corrected chi connectivity index (χ1v) is 12.6. The van der Waals surface area contributed by atoms with E-state index in [0.29, 0.717) is 17.8 Å². The molecule has 7 nitrogen and oxygen atoms in total. The summed E-state index contributed by atoms with van der Waals surface area (Å²) in [5.74, 6) is -1.55. The number of halogens is 3. The number of hydrogen-bond donors (Lipinski definition) is 2. The quantitative estimate of drug-likeness (QED) is 0.491. The lowest BCUT2D eigenvalue weighted by atomic mass is 9.96. The summed E-state index contributed by atoms with van der Waals surface area (Å²) >= 11 is 2.78. The molecule has 1 fully saturated rings. The van der Waals surface area contributed by atoms with Crippen LogP contribution in [0.15, 0.2) is 46.5 Å². The van der Waals surface area contributed by atoms with Crippen LogP contribution in [-0.4, -0.2) is 40.7 Å². The summed E-state index contributed by atoms with van der Waals surface area (Å²) in [6, 6.07) is 6.61. The summed E-state index contributed by atoms with van der Waals surface area (Å²) in [4.78, 5) is 42.8. The van der Waals surface area contributed by atoms with Crippen LogP contribution in [0, 0.1) is 0 Å². The van der Waals surface area contributed by atoms with Crippen LogP contribution in [0.1, 0.15) is 55.7 Å². The van der Waals surface area contributed by atoms with Crippen LogP contribution in [0.2, 0.25) is 0 Å². The summed E-state index contributed by atoms with van der Waals surface area (Å²) in [5.41, 5.74) is 4.44. The maximum absolute atomic E-state index is 13.3. The van der Waals surface area contributed by atoms with Gasteiger partial charge in [0.05, 0.1) is 22.6 Å². The van der Waals surface area contributed by atoms with Gasteiger partial charge in [-0.05, 0) is 47.4 Å².